The second-order valence-electron chi connectivity index (χ2n) is 8.23. The first-order valence-electron chi connectivity index (χ1n) is 11.3. The lowest BCUT2D eigenvalue weighted by Crippen LogP contribution is -2.49. The number of aryl methyl sites for hydroxylation is 1. The maximum Gasteiger partial charge on any atom is 0.290 e. The van der Waals surface area contributed by atoms with Crippen molar-refractivity contribution in [3.05, 3.63) is 72.1 Å². The highest BCUT2D eigenvalue weighted by Gasteiger charge is 2.29. The average molecular weight is 487 g/mol. The summed E-state index contributed by atoms with van der Waals surface area (Å²) >= 11 is 1.49. The molecule has 0 aliphatic carbocycles. The van der Waals surface area contributed by atoms with E-state index in [1.807, 2.05) is 42.2 Å². The second-order valence-corrected chi connectivity index (χ2v) is 9.18. The molecular weight excluding hydrogens is 464 g/mol. The molecule has 1 saturated heterocycles. The van der Waals surface area contributed by atoms with Crippen molar-refractivity contribution in [3.8, 4) is 0 Å². The Balaban J connectivity index is 1.23. The van der Waals surface area contributed by atoms with Gasteiger partial charge in [0.1, 0.15) is 17.7 Å². The van der Waals surface area contributed by atoms with Gasteiger partial charge in [0.2, 0.25) is 0 Å². The molecule has 1 aliphatic rings. The van der Waals surface area contributed by atoms with Crippen molar-refractivity contribution in [1.82, 2.24) is 34.4 Å². The number of benzene rings is 1. The van der Waals surface area contributed by atoms with Gasteiger partial charge in [-0.15, -0.1) is 0 Å². The number of hydrogen-bond acceptors (Lipinski definition) is 9. The molecule has 6 rings (SSSR count). The third kappa shape index (κ3) is 4.08. The summed E-state index contributed by atoms with van der Waals surface area (Å²) in [5.41, 5.74) is 2.46. The minimum absolute atomic E-state index is 0.0951. The summed E-state index contributed by atoms with van der Waals surface area (Å²) in [7, 11) is 0. The zero-order valence-electron chi connectivity index (χ0n) is 19.0. The number of piperazine rings is 1. The molecule has 0 bridgehead atoms. The number of fused-ring (bicyclic) bond motifs is 2. The molecule has 176 valence electrons. The number of aromatic nitrogens is 6. The molecule has 5 heterocycles. The molecule has 0 unspecified atom stereocenters. The van der Waals surface area contributed by atoms with Gasteiger partial charge in [-0.1, -0.05) is 30.0 Å². The Morgan fingerprint density at radius 1 is 1.06 bits per heavy atom. The van der Waals surface area contributed by atoms with Crippen molar-refractivity contribution in [3.63, 3.8) is 0 Å². The number of carbonyl (C=O) groups is 1. The predicted octanol–water partition coefficient (Wildman–Crippen LogP) is 3.22. The molecule has 5 aromatic rings. The van der Waals surface area contributed by atoms with Crippen molar-refractivity contribution in [2.75, 3.05) is 31.1 Å². The topological polar surface area (TPSA) is 106 Å². The zero-order valence-corrected chi connectivity index (χ0v) is 19.9. The summed E-state index contributed by atoms with van der Waals surface area (Å²) in [6.07, 6.45) is 4.93. The molecule has 10 nitrogen and oxygen atoms in total. The minimum Gasteiger partial charge on any atom is -0.451 e. The zero-order chi connectivity index (χ0) is 23.8. The average Bonchev–Trinajstić information content (AvgIpc) is 3.52. The quantitative estimate of drug-likeness (QED) is 0.273. The van der Waals surface area contributed by atoms with Gasteiger partial charge >= 0.3 is 0 Å². The molecular formula is C24H22N8O2S. The Kier molecular flexibility index (Phi) is 5.53. The van der Waals surface area contributed by atoms with Gasteiger partial charge in [-0.3, -0.25) is 4.79 Å². The Morgan fingerprint density at radius 3 is 2.69 bits per heavy atom. The van der Waals surface area contributed by atoms with E-state index in [0.717, 1.165) is 22.5 Å². The summed E-state index contributed by atoms with van der Waals surface area (Å²) in [6, 6.07) is 11.5. The van der Waals surface area contributed by atoms with Crippen LogP contribution in [0.4, 0.5) is 5.82 Å². The van der Waals surface area contributed by atoms with Gasteiger partial charge in [0.05, 0.1) is 0 Å². The molecule has 1 amide bonds. The lowest BCUT2D eigenvalue weighted by Gasteiger charge is -2.35. The summed E-state index contributed by atoms with van der Waals surface area (Å²) in [5.74, 6) is 2.35. The lowest BCUT2D eigenvalue weighted by molar-refractivity contribution is 0.0715. The third-order valence-electron chi connectivity index (χ3n) is 6.03. The fourth-order valence-electron chi connectivity index (χ4n) is 4.33. The Labute approximate surface area is 205 Å². The molecule has 0 radical (unpaired) electrons. The maximum atomic E-state index is 13.6. The predicted molar refractivity (Wildman–Crippen MR) is 131 cm³/mol. The summed E-state index contributed by atoms with van der Waals surface area (Å²) in [6.45, 7) is 4.43. The summed E-state index contributed by atoms with van der Waals surface area (Å²) in [5, 5.41) is 5.92. The van der Waals surface area contributed by atoms with Gasteiger partial charge < -0.3 is 14.2 Å². The first kappa shape index (κ1) is 21.5. The van der Waals surface area contributed by atoms with Crippen LogP contribution in [0.3, 0.4) is 0 Å². The Hall–Kier alpha value is -3.99. The number of rotatable bonds is 5. The van der Waals surface area contributed by atoms with E-state index in [9.17, 15) is 4.79 Å². The smallest absolute Gasteiger partial charge is 0.290 e. The molecule has 0 N–H and O–H groups in total. The number of nitrogens with zero attached hydrogens (tertiary/aromatic N) is 8. The normalized spacial score (nSPS) is 14.2. The number of furan rings is 1. The van der Waals surface area contributed by atoms with Crippen LogP contribution in [0.2, 0.25) is 0 Å². The number of anilines is 1. The standard InChI is InChI=1S/C24H22N8O2S/c1-16-13-20(32-23(29-16)27-15-28-32)30-9-11-31(12-10-30)22(33)21-18(14-35-24-25-7-4-8-26-24)17-5-2-3-6-19(17)34-21/h2-8,13,15H,9-12,14H2,1H3. The van der Waals surface area contributed by atoms with Crippen LogP contribution in [-0.4, -0.2) is 66.5 Å². The van der Waals surface area contributed by atoms with Gasteiger partial charge in [-0.2, -0.15) is 14.6 Å². The number of hydrogen-bond donors (Lipinski definition) is 0. The largest absolute Gasteiger partial charge is 0.451 e. The van der Waals surface area contributed by atoms with Gasteiger partial charge in [-0.25, -0.2) is 15.0 Å². The van der Waals surface area contributed by atoms with Crippen molar-refractivity contribution < 1.29 is 9.21 Å². The number of para-hydroxylation sites is 1. The number of thioether (sulfide) groups is 1. The van der Waals surface area contributed by atoms with Crippen LogP contribution in [-0.2, 0) is 5.75 Å². The van der Waals surface area contributed by atoms with Crippen LogP contribution in [0.5, 0.6) is 0 Å². The van der Waals surface area contributed by atoms with Crippen LogP contribution in [0.15, 0.2) is 64.7 Å². The second kappa shape index (κ2) is 8.99. The molecule has 0 spiro atoms. The van der Waals surface area contributed by atoms with E-state index < -0.39 is 0 Å². The monoisotopic (exact) mass is 486 g/mol. The first-order chi connectivity index (χ1) is 17.2. The molecule has 4 aromatic heterocycles. The van der Waals surface area contributed by atoms with Crippen molar-refractivity contribution >= 4 is 40.2 Å². The summed E-state index contributed by atoms with van der Waals surface area (Å²) in [4.78, 5) is 34.9. The number of amides is 1. The highest BCUT2D eigenvalue weighted by molar-refractivity contribution is 7.98. The first-order valence-corrected chi connectivity index (χ1v) is 12.3. The summed E-state index contributed by atoms with van der Waals surface area (Å²) < 4.78 is 7.83. The molecule has 35 heavy (non-hydrogen) atoms. The highest BCUT2D eigenvalue weighted by atomic mass is 32.2. The van der Waals surface area contributed by atoms with E-state index in [4.69, 9.17) is 4.42 Å². The van der Waals surface area contributed by atoms with Crippen LogP contribution in [0.25, 0.3) is 16.7 Å². The van der Waals surface area contributed by atoms with E-state index in [1.54, 1.807) is 23.0 Å². The van der Waals surface area contributed by atoms with Crippen molar-refractivity contribution in [2.45, 2.75) is 17.8 Å². The van der Waals surface area contributed by atoms with Crippen LogP contribution >= 0.6 is 11.8 Å². The van der Waals surface area contributed by atoms with E-state index in [-0.39, 0.29) is 5.91 Å². The molecule has 11 heteroatoms. The maximum absolute atomic E-state index is 13.6. The van der Waals surface area contributed by atoms with E-state index in [0.29, 0.717) is 54.2 Å². The highest BCUT2D eigenvalue weighted by Crippen LogP contribution is 2.32. The van der Waals surface area contributed by atoms with Gasteiger partial charge in [0, 0.05) is 67.0 Å². The minimum atomic E-state index is -0.0951. The van der Waals surface area contributed by atoms with E-state index in [1.165, 1.54) is 18.1 Å². The fraction of sp³-hybridized carbons (Fsp3) is 0.250. The van der Waals surface area contributed by atoms with Crippen molar-refractivity contribution in [2.24, 2.45) is 0 Å². The van der Waals surface area contributed by atoms with Gasteiger partial charge in [0.15, 0.2) is 10.9 Å². The molecule has 1 fully saturated rings. The van der Waals surface area contributed by atoms with Crippen LogP contribution < -0.4 is 4.90 Å². The Bertz CT molecular complexity index is 1510. The van der Waals surface area contributed by atoms with Gasteiger partial charge in [-0.05, 0) is 19.1 Å². The van der Waals surface area contributed by atoms with E-state index >= 15 is 0 Å². The lowest BCUT2D eigenvalue weighted by atomic mass is 10.1. The number of carbonyl (C=O) groups excluding carboxylic acids is 1. The fourth-order valence-corrected chi connectivity index (χ4v) is 5.16. The van der Waals surface area contributed by atoms with Crippen molar-refractivity contribution in [1.29, 1.82) is 0 Å². The van der Waals surface area contributed by atoms with Crippen LogP contribution in [0, 0.1) is 6.92 Å². The third-order valence-corrected chi connectivity index (χ3v) is 6.93. The molecule has 0 atom stereocenters. The molecule has 1 aliphatic heterocycles. The van der Waals surface area contributed by atoms with E-state index in [2.05, 4.69) is 29.9 Å². The van der Waals surface area contributed by atoms with Gasteiger partial charge in [0.25, 0.3) is 11.7 Å². The molecule has 0 saturated carbocycles. The van der Waals surface area contributed by atoms with Crippen LogP contribution in [0.1, 0.15) is 21.8 Å². The Morgan fingerprint density at radius 2 is 1.86 bits per heavy atom. The SMILES string of the molecule is Cc1cc(N2CCN(C(=O)c3oc4ccccc4c3CSc3ncccn3)CC2)n2ncnc2n1. The molecule has 1 aromatic carbocycles.